The summed E-state index contributed by atoms with van der Waals surface area (Å²) in [5.74, 6) is 0.956. The molecular weight excluding hydrogens is 438 g/mol. The molecule has 1 aliphatic rings. The third-order valence-corrected chi connectivity index (χ3v) is 5.40. The van der Waals surface area contributed by atoms with E-state index in [4.69, 9.17) is 0 Å². The van der Waals surface area contributed by atoms with Gasteiger partial charge in [0.25, 0.3) is 5.91 Å². The number of anilines is 1. The Balaban J connectivity index is 0.000000428. The summed E-state index contributed by atoms with van der Waals surface area (Å²) >= 11 is 0. The number of nitrogens with one attached hydrogen (secondary N) is 2. The van der Waals surface area contributed by atoms with Crippen LogP contribution in [0.1, 0.15) is 42.6 Å². The Morgan fingerprint density at radius 3 is 2.34 bits per heavy atom. The Morgan fingerprint density at radius 2 is 1.74 bits per heavy atom. The van der Waals surface area contributed by atoms with Crippen molar-refractivity contribution in [2.75, 3.05) is 18.9 Å². The first-order valence-electron chi connectivity index (χ1n) is 12.1. The van der Waals surface area contributed by atoms with Gasteiger partial charge in [-0.3, -0.25) is 4.79 Å². The maximum Gasteiger partial charge on any atom is 0.251 e. The van der Waals surface area contributed by atoms with E-state index in [0.717, 1.165) is 42.3 Å². The second-order valence-electron chi connectivity index (χ2n) is 7.92. The van der Waals surface area contributed by atoms with Crippen LogP contribution in [0.25, 0.3) is 16.8 Å². The molecule has 1 fully saturated rings. The summed E-state index contributed by atoms with van der Waals surface area (Å²) in [4.78, 5) is 26.5. The topological polar surface area (TPSA) is 88.4 Å². The lowest BCUT2D eigenvalue weighted by Gasteiger charge is -2.07. The Hall–Kier alpha value is -4.00. The van der Waals surface area contributed by atoms with Gasteiger partial charge in [0.05, 0.1) is 0 Å². The van der Waals surface area contributed by atoms with E-state index in [1.807, 2.05) is 74.6 Å². The smallest absolute Gasteiger partial charge is 0.251 e. The van der Waals surface area contributed by atoms with Gasteiger partial charge in [-0.05, 0) is 54.7 Å². The molecule has 2 heterocycles. The van der Waals surface area contributed by atoms with E-state index in [1.54, 1.807) is 11.6 Å². The molecule has 2 N–H and O–H groups in total. The number of rotatable bonds is 7. The second kappa shape index (κ2) is 13.0. The molecule has 35 heavy (non-hydrogen) atoms. The standard InChI is InChI=1S/C22H21N5O.C4H6O.C2H6/c1-23-22-25-20-19(8-5-15-27(20)26-22)17-9-11-18(12-10-17)21(28)24-14-13-16-6-3-2-4-7-16;5-3-4-1-2-4;1-2/h2-12,15H,13-14H2,1H3,(H,23,26)(H,24,28);3-4H,1-2H2;1-2H3. The fourth-order valence-electron chi connectivity index (χ4n) is 3.34. The minimum Gasteiger partial charge on any atom is -0.356 e. The van der Waals surface area contributed by atoms with Crippen molar-refractivity contribution in [1.29, 1.82) is 0 Å². The zero-order chi connectivity index (χ0) is 25.0. The highest BCUT2D eigenvalue weighted by atomic mass is 16.1. The monoisotopic (exact) mass is 471 g/mol. The summed E-state index contributed by atoms with van der Waals surface area (Å²) in [5, 5.41) is 10.3. The van der Waals surface area contributed by atoms with E-state index in [9.17, 15) is 9.59 Å². The van der Waals surface area contributed by atoms with Crippen LogP contribution in [0.2, 0.25) is 0 Å². The van der Waals surface area contributed by atoms with Crippen LogP contribution in [0, 0.1) is 5.92 Å². The van der Waals surface area contributed by atoms with Crippen LogP contribution in [0.4, 0.5) is 5.95 Å². The molecule has 4 aromatic rings. The third kappa shape index (κ3) is 7.24. The molecule has 2 aromatic carbocycles. The van der Waals surface area contributed by atoms with Crippen LogP contribution in [-0.2, 0) is 11.2 Å². The number of pyridine rings is 1. The van der Waals surface area contributed by atoms with Crippen LogP contribution in [0.5, 0.6) is 0 Å². The fraction of sp³-hybridized carbons (Fsp3) is 0.286. The number of fused-ring (bicyclic) bond motifs is 1. The van der Waals surface area contributed by atoms with E-state index < -0.39 is 0 Å². The summed E-state index contributed by atoms with van der Waals surface area (Å²) < 4.78 is 1.74. The van der Waals surface area contributed by atoms with Crippen LogP contribution in [-0.4, -0.2) is 40.4 Å². The predicted octanol–water partition coefficient (Wildman–Crippen LogP) is 5.03. The minimum absolute atomic E-state index is 0.0689. The van der Waals surface area contributed by atoms with Crippen molar-refractivity contribution in [3.63, 3.8) is 0 Å². The van der Waals surface area contributed by atoms with E-state index in [1.165, 1.54) is 5.56 Å². The number of amides is 1. The van der Waals surface area contributed by atoms with Gasteiger partial charge in [0.1, 0.15) is 6.29 Å². The first-order valence-corrected chi connectivity index (χ1v) is 12.1. The molecule has 1 amide bonds. The maximum absolute atomic E-state index is 12.4. The van der Waals surface area contributed by atoms with Gasteiger partial charge in [-0.15, -0.1) is 5.10 Å². The van der Waals surface area contributed by atoms with Crippen molar-refractivity contribution in [3.8, 4) is 11.1 Å². The highest BCUT2D eigenvalue weighted by Crippen LogP contribution is 2.25. The van der Waals surface area contributed by atoms with Gasteiger partial charge in [-0.1, -0.05) is 56.3 Å². The molecule has 1 aliphatic carbocycles. The summed E-state index contributed by atoms with van der Waals surface area (Å²) in [6.07, 6.45) is 5.99. The molecular formula is C28H33N5O2. The Labute approximate surface area is 206 Å². The van der Waals surface area contributed by atoms with Crippen molar-refractivity contribution in [1.82, 2.24) is 19.9 Å². The Kier molecular flexibility index (Phi) is 9.54. The molecule has 182 valence electrons. The largest absolute Gasteiger partial charge is 0.356 e. The number of aldehydes is 1. The van der Waals surface area contributed by atoms with Gasteiger partial charge >= 0.3 is 0 Å². The van der Waals surface area contributed by atoms with Gasteiger partial charge in [0.15, 0.2) is 5.65 Å². The van der Waals surface area contributed by atoms with Crippen molar-refractivity contribution < 1.29 is 9.59 Å². The van der Waals surface area contributed by atoms with Crippen LogP contribution in [0.3, 0.4) is 0 Å². The summed E-state index contributed by atoms with van der Waals surface area (Å²) in [5.41, 5.74) is 4.57. The summed E-state index contributed by atoms with van der Waals surface area (Å²) in [6, 6.07) is 21.6. The normalized spacial score (nSPS) is 12.0. The van der Waals surface area contributed by atoms with Crippen LogP contribution >= 0.6 is 0 Å². The van der Waals surface area contributed by atoms with E-state index in [2.05, 4.69) is 32.8 Å². The van der Waals surface area contributed by atoms with Crippen molar-refractivity contribution >= 4 is 23.8 Å². The number of benzene rings is 2. The first kappa shape index (κ1) is 25.6. The van der Waals surface area contributed by atoms with Crippen LogP contribution in [0.15, 0.2) is 72.9 Å². The second-order valence-corrected chi connectivity index (χ2v) is 7.92. The highest BCUT2D eigenvalue weighted by molar-refractivity contribution is 5.95. The SMILES string of the molecule is CC.CNc1nc2c(-c3ccc(C(=O)NCCc4ccccc4)cc3)cccn2n1.O=CC1CC1. The fourth-order valence-corrected chi connectivity index (χ4v) is 3.34. The summed E-state index contributed by atoms with van der Waals surface area (Å²) in [7, 11) is 1.79. The third-order valence-electron chi connectivity index (χ3n) is 5.40. The molecule has 7 nitrogen and oxygen atoms in total. The number of hydrogen-bond acceptors (Lipinski definition) is 5. The molecule has 0 bridgehead atoms. The number of nitrogens with zero attached hydrogens (tertiary/aromatic N) is 3. The quantitative estimate of drug-likeness (QED) is 0.369. The molecule has 5 rings (SSSR count). The predicted molar refractivity (Wildman–Crippen MR) is 141 cm³/mol. The van der Waals surface area contributed by atoms with Crippen molar-refractivity contribution in [2.45, 2.75) is 33.1 Å². The van der Waals surface area contributed by atoms with Gasteiger partial charge in [0.2, 0.25) is 5.95 Å². The Bertz CT molecular complexity index is 1220. The van der Waals surface area contributed by atoms with Crippen molar-refractivity contribution in [2.24, 2.45) is 5.92 Å². The molecule has 0 radical (unpaired) electrons. The molecule has 7 heteroatoms. The van der Waals surface area contributed by atoms with Crippen LogP contribution < -0.4 is 10.6 Å². The molecule has 0 unspecified atom stereocenters. The van der Waals surface area contributed by atoms with Gasteiger partial charge < -0.3 is 15.4 Å². The Morgan fingerprint density at radius 1 is 1.03 bits per heavy atom. The van der Waals surface area contributed by atoms with Crippen molar-refractivity contribution in [3.05, 3.63) is 84.1 Å². The zero-order valence-corrected chi connectivity index (χ0v) is 20.6. The first-order chi connectivity index (χ1) is 17.2. The maximum atomic E-state index is 12.4. The van der Waals surface area contributed by atoms with Gasteiger partial charge in [-0.25, -0.2) is 4.52 Å². The number of carbonyl (C=O) groups excluding carboxylic acids is 2. The zero-order valence-electron chi connectivity index (χ0n) is 20.6. The number of aromatic nitrogens is 3. The molecule has 0 aliphatic heterocycles. The molecule has 2 aromatic heterocycles. The number of carbonyl (C=O) groups is 2. The molecule has 0 saturated heterocycles. The average Bonchev–Trinajstić information content (AvgIpc) is 3.67. The number of hydrogen-bond donors (Lipinski definition) is 2. The minimum atomic E-state index is -0.0689. The lowest BCUT2D eigenvalue weighted by molar-refractivity contribution is -0.108. The molecule has 0 atom stereocenters. The highest BCUT2D eigenvalue weighted by Gasteiger charge is 2.19. The lowest BCUT2D eigenvalue weighted by atomic mass is 10.0. The molecule has 0 spiro atoms. The van der Waals surface area contributed by atoms with E-state index in [0.29, 0.717) is 24.0 Å². The average molecular weight is 472 g/mol. The lowest BCUT2D eigenvalue weighted by Crippen LogP contribution is -2.25. The van der Waals surface area contributed by atoms with E-state index in [-0.39, 0.29) is 5.91 Å². The van der Waals surface area contributed by atoms with E-state index >= 15 is 0 Å². The van der Waals surface area contributed by atoms with Gasteiger partial charge in [0, 0.05) is 36.8 Å². The van der Waals surface area contributed by atoms with Gasteiger partial charge in [-0.2, -0.15) is 4.98 Å². The molecule has 1 saturated carbocycles. The summed E-state index contributed by atoms with van der Waals surface area (Å²) in [6.45, 7) is 4.61.